The third-order valence-electron chi connectivity index (χ3n) is 4.96. The van der Waals surface area contributed by atoms with Crippen LogP contribution >= 0.6 is 11.6 Å². The highest BCUT2D eigenvalue weighted by Crippen LogP contribution is 2.35. The first-order valence-corrected chi connectivity index (χ1v) is 8.37. The Morgan fingerprint density at radius 1 is 1.29 bits per heavy atom. The van der Waals surface area contributed by atoms with Crippen molar-refractivity contribution in [3.8, 4) is 0 Å². The van der Waals surface area contributed by atoms with Crippen LogP contribution in [0.4, 0.5) is 0 Å². The van der Waals surface area contributed by atoms with Gasteiger partial charge in [-0.1, -0.05) is 37.1 Å². The Labute approximate surface area is 131 Å². The predicted molar refractivity (Wildman–Crippen MR) is 85.1 cm³/mol. The molecule has 1 atom stereocenters. The zero-order valence-corrected chi connectivity index (χ0v) is 13.3. The Balaban J connectivity index is 1.77. The van der Waals surface area contributed by atoms with Crippen LogP contribution < -0.4 is 5.32 Å². The van der Waals surface area contributed by atoms with Gasteiger partial charge in [0.15, 0.2) is 0 Å². The SMILES string of the molecule is CCC1CCC(N2C(=O)CNC2c2cccc(Cl)c2)CC1. The van der Waals surface area contributed by atoms with E-state index < -0.39 is 0 Å². The van der Waals surface area contributed by atoms with Crippen molar-refractivity contribution < 1.29 is 4.79 Å². The molecule has 1 saturated heterocycles. The van der Waals surface area contributed by atoms with Crippen molar-refractivity contribution in [2.24, 2.45) is 5.92 Å². The second-order valence-corrected chi connectivity index (χ2v) is 6.66. The normalized spacial score (nSPS) is 29.9. The maximum Gasteiger partial charge on any atom is 0.238 e. The molecule has 21 heavy (non-hydrogen) atoms. The van der Waals surface area contributed by atoms with Gasteiger partial charge >= 0.3 is 0 Å². The minimum Gasteiger partial charge on any atom is -0.319 e. The fourth-order valence-corrected chi connectivity index (χ4v) is 3.92. The largest absolute Gasteiger partial charge is 0.319 e. The topological polar surface area (TPSA) is 32.3 Å². The van der Waals surface area contributed by atoms with E-state index in [1.54, 1.807) is 0 Å². The molecule has 2 fully saturated rings. The van der Waals surface area contributed by atoms with Crippen LogP contribution in [0.15, 0.2) is 24.3 Å². The monoisotopic (exact) mass is 306 g/mol. The Morgan fingerprint density at radius 2 is 2.05 bits per heavy atom. The number of nitrogens with zero attached hydrogens (tertiary/aromatic N) is 1. The van der Waals surface area contributed by atoms with Crippen LogP contribution in [-0.4, -0.2) is 23.4 Å². The summed E-state index contributed by atoms with van der Waals surface area (Å²) in [7, 11) is 0. The molecule has 1 aromatic carbocycles. The van der Waals surface area contributed by atoms with Crippen LogP contribution in [0.5, 0.6) is 0 Å². The molecular weight excluding hydrogens is 284 g/mol. The average molecular weight is 307 g/mol. The van der Waals surface area contributed by atoms with E-state index >= 15 is 0 Å². The van der Waals surface area contributed by atoms with Gasteiger partial charge in [-0.15, -0.1) is 0 Å². The molecule has 1 amide bonds. The summed E-state index contributed by atoms with van der Waals surface area (Å²) in [5.74, 6) is 1.07. The smallest absolute Gasteiger partial charge is 0.238 e. The minimum absolute atomic E-state index is 0.0145. The van der Waals surface area contributed by atoms with E-state index in [2.05, 4.69) is 17.1 Å². The van der Waals surface area contributed by atoms with Gasteiger partial charge in [0.05, 0.1) is 6.54 Å². The average Bonchev–Trinajstić information content (AvgIpc) is 2.89. The standard InChI is InChI=1S/C17H23ClN2O/c1-2-12-6-8-15(9-7-12)20-16(21)11-19-17(20)13-4-3-5-14(18)10-13/h3-5,10,12,15,17,19H,2,6-9,11H2,1H3. The third kappa shape index (κ3) is 3.09. The van der Waals surface area contributed by atoms with Crippen molar-refractivity contribution in [2.45, 2.75) is 51.2 Å². The number of hydrogen-bond acceptors (Lipinski definition) is 2. The number of carbonyl (C=O) groups is 1. The fourth-order valence-electron chi connectivity index (χ4n) is 3.72. The molecule has 3 rings (SSSR count). The number of amides is 1. The van der Waals surface area contributed by atoms with Crippen LogP contribution in [0.2, 0.25) is 5.02 Å². The first-order chi connectivity index (χ1) is 10.2. The number of benzene rings is 1. The van der Waals surface area contributed by atoms with E-state index in [0.717, 1.165) is 29.3 Å². The number of carbonyl (C=O) groups excluding carboxylic acids is 1. The van der Waals surface area contributed by atoms with Gasteiger partial charge in [0.2, 0.25) is 5.91 Å². The lowest BCUT2D eigenvalue weighted by atomic mass is 9.83. The zero-order chi connectivity index (χ0) is 14.8. The summed E-state index contributed by atoms with van der Waals surface area (Å²) >= 11 is 6.10. The molecule has 1 aliphatic carbocycles. The van der Waals surface area contributed by atoms with Crippen molar-refractivity contribution in [1.29, 1.82) is 0 Å². The van der Waals surface area contributed by atoms with Crippen LogP contribution in [0.1, 0.15) is 50.8 Å². The third-order valence-corrected chi connectivity index (χ3v) is 5.20. The summed E-state index contributed by atoms with van der Waals surface area (Å²) in [4.78, 5) is 14.4. The Morgan fingerprint density at radius 3 is 2.71 bits per heavy atom. The summed E-state index contributed by atoms with van der Waals surface area (Å²) in [6.45, 7) is 2.70. The highest BCUT2D eigenvalue weighted by molar-refractivity contribution is 6.30. The van der Waals surface area contributed by atoms with Crippen LogP contribution in [0, 0.1) is 5.92 Å². The van der Waals surface area contributed by atoms with Crippen LogP contribution in [0.25, 0.3) is 0 Å². The molecule has 114 valence electrons. The Hall–Kier alpha value is -1.06. The van der Waals surface area contributed by atoms with E-state index in [1.807, 2.05) is 24.3 Å². The van der Waals surface area contributed by atoms with Crippen molar-refractivity contribution in [2.75, 3.05) is 6.54 Å². The second-order valence-electron chi connectivity index (χ2n) is 6.22. The van der Waals surface area contributed by atoms with Crippen molar-refractivity contribution in [3.63, 3.8) is 0 Å². The molecule has 1 unspecified atom stereocenters. The van der Waals surface area contributed by atoms with Gasteiger partial charge in [0.1, 0.15) is 6.17 Å². The van der Waals surface area contributed by atoms with E-state index in [9.17, 15) is 4.79 Å². The summed E-state index contributed by atoms with van der Waals surface area (Å²) in [5.41, 5.74) is 1.09. The van der Waals surface area contributed by atoms with Gasteiger partial charge in [-0.25, -0.2) is 0 Å². The molecule has 0 spiro atoms. The van der Waals surface area contributed by atoms with Crippen LogP contribution in [-0.2, 0) is 4.79 Å². The van der Waals surface area contributed by atoms with Gasteiger partial charge in [-0.05, 0) is 49.3 Å². The lowest BCUT2D eigenvalue weighted by Gasteiger charge is -2.37. The first kappa shape index (κ1) is 14.9. The van der Waals surface area contributed by atoms with Crippen LogP contribution in [0.3, 0.4) is 0 Å². The second kappa shape index (κ2) is 6.37. The zero-order valence-electron chi connectivity index (χ0n) is 12.5. The van der Waals surface area contributed by atoms with Crippen molar-refractivity contribution >= 4 is 17.5 Å². The molecule has 1 aromatic rings. The molecule has 2 aliphatic rings. The summed E-state index contributed by atoms with van der Waals surface area (Å²) in [6, 6.07) is 8.21. The highest BCUT2D eigenvalue weighted by Gasteiger charge is 2.38. The molecular formula is C17H23ClN2O. The minimum atomic E-state index is -0.0145. The quantitative estimate of drug-likeness (QED) is 0.922. The molecule has 1 saturated carbocycles. The summed E-state index contributed by atoms with van der Waals surface area (Å²) in [6.07, 6.45) is 5.99. The van der Waals surface area contributed by atoms with Gasteiger partial charge in [-0.2, -0.15) is 0 Å². The van der Waals surface area contributed by atoms with Gasteiger partial charge in [0.25, 0.3) is 0 Å². The maximum absolute atomic E-state index is 12.3. The van der Waals surface area contributed by atoms with Gasteiger partial charge in [-0.3, -0.25) is 10.1 Å². The van der Waals surface area contributed by atoms with Gasteiger partial charge < -0.3 is 4.90 Å². The number of hydrogen-bond donors (Lipinski definition) is 1. The molecule has 3 nitrogen and oxygen atoms in total. The van der Waals surface area contributed by atoms with E-state index in [4.69, 9.17) is 11.6 Å². The molecule has 4 heteroatoms. The molecule has 0 radical (unpaired) electrons. The van der Waals surface area contributed by atoms with E-state index in [-0.39, 0.29) is 12.1 Å². The predicted octanol–water partition coefficient (Wildman–Crippen LogP) is 3.74. The summed E-state index contributed by atoms with van der Waals surface area (Å²) in [5, 5.41) is 4.07. The maximum atomic E-state index is 12.3. The fraction of sp³-hybridized carbons (Fsp3) is 0.588. The molecule has 1 N–H and O–H groups in total. The number of halogens is 1. The van der Waals surface area contributed by atoms with Crippen molar-refractivity contribution in [1.82, 2.24) is 10.2 Å². The Bertz CT molecular complexity index is 511. The van der Waals surface area contributed by atoms with E-state index in [0.29, 0.717) is 12.6 Å². The highest BCUT2D eigenvalue weighted by atomic mass is 35.5. The molecule has 0 bridgehead atoms. The van der Waals surface area contributed by atoms with E-state index in [1.165, 1.54) is 19.3 Å². The molecule has 1 heterocycles. The Kier molecular flexibility index (Phi) is 4.51. The first-order valence-electron chi connectivity index (χ1n) is 7.99. The molecule has 1 aliphatic heterocycles. The lowest BCUT2D eigenvalue weighted by molar-refractivity contribution is -0.131. The molecule has 0 aromatic heterocycles. The number of rotatable bonds is 3. The number of nitrogens with one attached hydrogen (secondary N) is 1. The van der Waals surface area contributed by atoms with Crippen molar-refractivity contribution in [3.05, 3.63) is 34.9 Å². The van der Waals surface area contributed by atoms with Gasteiger partial charge in [0, 0.05) is 11.1 Å². The summed E-state index contributed by atoms with van der Waals surface area (Å²) < 4.78 is 0. The lowest BCUT2D eigenvalue weighted by Crippen LogP contribution is -2.41.